The second-order valence-corrected chi connectivity index (χ2v) is 11.8. The monoisotopic (exact) mass is 564 g/mol. The van der Waals surface area contributed by atoms with E-state index in [0.29, 0.717) is 18.4 Å². The molecular formula is C30H44O10. The van der Waals surface area contributed by atoms with Crippen molar-refractivity contribution in [1.82, 2.24) is 0 Å². The van der Waals surface area contributed by atoms with Crippen LogP contribution in [0.1, 0.15) is 87.0 Å². The first kappa shape index (κ1) is 31.8. The van der Waals surface area contributed by atoms with Crippen LogP contribution < -0.4 is 0 Å². The molecule has 0 unspecified atom stereocenters. The highest BCUT2D eigenvalue weighted by Gasteiger charge is 2.66. The van der Waals surface area contributed by atoms with Crippen LogP contribution in [-0.2, 0) is 38.1 Å². The van der Waals surface area contributed by atoms with Gasteiger partial charge in [-0.15, -0.1) is 0 Å². The number of hydrogen-bond donors (Lipinski definition) is 2. The van der Waals surface area contributed by atoms with E-state index in [-0.39, 0.29) is 12.8 Å². The highest BCUT2D eigenvalue weighted by atomic mass is 16.6. The summed E-state index contributed by atoms with van der Waals surface area (Å²) >= 11 is 0. The summed E-state index contributed by atoms with van der Waals surface area (Å²) < 4.78 is 23.1. The summed E-state index contributed by atoms with van der Waals surface area (Å²) in [7, 11) is 0. The molecule has 3 rings (SSSR count). The molecule has 1 heterocycles. The molecule has 3 aliphatic rings. The van der Waals surface area contributed by atoms with Gasteiger partial charge in [-0.05, 0) is 52.2 Å². The van der Waals surface area contributed by atoms with Gasteiger partial charge < -0.3 is 29.2 Å². The van der Waals surface area contributed by atoms with Crippen molar-refractivity contribution in [3.8, 4) is 0 Å². The van der Waals surface area contributed by atoms with Crippen LogP contribution in [0, 0.1) is 17.3 Å². The van der Waals surface area contributed by atoms with E-state index >= 15 is 0 Å². The van der Waals surface area contributed by atoms with Gasteiger partial charge in [-0.25, -0.2) is 0 Å². The van der Waals surface area contributed by atoms with E-state index in [1.54, 1.807) is 26.0 Å². The van der Waals surface area contributed by atoms with Gasteiger partial charge in [0.15, 0.2) is 18.3 Å². The number of esters is 4. The first-order chi connectivity index (χ1) is 18.7. The lowest BCUT2D eigenvalue weighted by atomic mass is 9.55. The molecule has 0 aromatic rings. The minimum Gasteiger partial charge on any atom is -0.462 e. The van der Waals surface area contributed by atoms with Gasteiger partial charge in [-0.1, -0.05) is 37.8 Å². The Hall–Kier alpha value is -2.72. The Morgan fingerprint density at radius 2 is 1.73 bits per heavy atom. The molecule has 0 spiro atoms. The molecule has 224 valence electrons. The topological polar surface area (TPSA) is 146 Å². The number of aliphatic hydroxyl groups is 2. The van der Waals surface area contributed by atoms with E-state index in [0.717, 1.165) is 18.4 Å². The number of allylic oxidation sites excluding steroid dienone is 1. The third-order valence-corrected chi connectivity index (χ3v) is 8.82. The van der Waals surface area contributed by atoms with Crippen LogP contribution in [0.5, 0.6) is 0 Å². The van der Waals surface area contributed by atoms with Gasteiger partial charge in [0.1, 0.15) is 11.7 Å². The Balaban J connectivity index is 2.25. The zero-order chi connectivity index (χ0) is 30.0. The normalized spacial score (nSPS) is 38.9. The summed E-state index contributed by atoms with van der Waals surface area (Å²) in [6.07, 6.45) is 0.659. The Bertz CT molecular complexity index is 1060. The molecule has 0 saturated carbocycles. The number of hydrogen-bond acceptors (Lipinski definition) is 10. The zero-order valence-corrected chi connectivity index (χ0v) is 24.6. The average Bonchev–Trinajstić information content (AvgIpc) is 3.07. The highest BCUT2D eigenvalue weighted by Crippen LogP contribution is 2.54. The second kappa shape index (κ2) is 12.4. The van der Waals surface area contributed by atoms with Crippen LogP contribution in [0.4, 0.5) is 0 Å². The van der Waals surface area contributed by atoms with Crippen LogP contribution in [0.25, 0.3) is 0 Å². The average molecular weight is 565 g/mol. The molecule has 2 aliphatic carbocycles. The van der Waals surface area contributed by atoms with Crippen LogP contribution in [-0.4, -0.2) is 70.2 Å². The molecule has 40 heavy (non-hydrogen) atoms. The third kappa shape index (κ3) is 5.98. The molecule has 10 nitrogen and oxygen atoms in total. The van der Waals surface area contributed by atoms with Gasteiger partial charge in [0.25, 0.3) is 0 Å². The number of carbonyl (C=O) groups excluding carboxylic acids is 4. The molecule has 0 bridgehead atoms. The molecule has 2 N–H and O–H groups in total. The summed E-state index contributed by atoms with van der Waals surface area (Å²) in [5, 5.41) is 24.1. The minimum atomic E-state index is -2.04. The maximum Gasteiger partial charge on any atom is 0.312 e. The molecule has 1 fully saturated rings. The molecule has 0 radical (unpaired) electrons. The van der Waals surface area contributed by atoms with Crippen molar-refractivity contribution in [2.45, 2.75) is 123 Å². The molecule has 1 aliphatic heterocycles. The molecule has 10 heteroatoms. The number of ether oxygens (including phenoxy) is 4. The molecule has 0 aromatic heterocycles. The summed E-state index contributed by atoms with van der Waals surface area (Å²) in [6.45, 7) is 11.2. The Labute approximate surface area is 236 Å². The van der Waals surface area contributed by atoms with Gasteiger partial charge in [0, 0.05) is 26.2 Å². The van der Waals surface area contributed by atoms with E-state index in [1.807, 2.05) is 13.8 Å². The summed E-state index contributed by atoms with van der Waals surface area (Å²) in [6, 6.07) is 0. The largest absolute Gasteiger partial charge is 0.462 e. The van der Waals surface area contributed by atoms with Gasteiger partial charge >= 0.3 is 23.9 Å². The maximum absolute atomic E-state index is 13.1. The fourth-order valence-electron chi connectivity index (χ4n) is 6.65. The Kier molecular flexibility index (Phi) is 9.88. The first-order valence-electron chi connectivity index (χ1n) is 14.2. The Morgan fingerprint density at radius 1 is 1.07 bits per heavy atom. The van der Waals surface area contributed by atoms with E-state index in [2.05, 4.69) is 0 Å². The van der Waals surface area contributed by atoms with Crippen molar-refractivity contribution < 1.29 is 48.3 Å². The molecule has 9 atom stereocenters. The fraction of sp³-hybridized carbons (Fsp3) is 0.733. The van der Waals surface area contributed by atoms with Crippen molar-refractivity contribution in [2.75, 3.05) is 0 Å². The third-order valence-electron chi connectivity index (χ3n) is 8.82. The molecular weight excluding hydrogens is 520 g/mol. The van der Waals surface area contributed by atoms with Gasteiger partial charge in [0.2, 0.25) is 0 Å². The van der Waals surface area contributed by atoms with Crippen LogP contribution >= 0.6 is 0 Å². The second-order valence-electron chi connectivity index (χ2n) is 11.8. The van der Waals surface area contributed by atoms with Crippen molar-refractivity contribution in [2.24, 2.45) is 17.3 Å². The van der Waals surface area contributed by atoms with Crippen molar-refractivity contribution in [1.29, 1.82) is 0 Å². The number of carbonyl (C=O) groups is 4. The number of unbranched alkanes of at least 4 members (excludes halogenated alkanes) is 2. The van der Waals surface area contributed by atoms with E-state index in [9.17, 15) is 29.4 Å². The lowest BCUT2D eigenvalue weighted by Crippen LogP contribution is -2.66. The van der Waals surface area contributed by atoms with Crippen LogP contribution in [0.3, 0.4) is 0 Å². The van der Waals surface area contributed by atoms with Crippen molar-refractivity contribution in [3.63, 3.8) is 0 Å². The number of aliphatic hydroxyl groups excluding tert-OH is 1. The predicted molar refractivity (Wildman–Crippen MR) is 143 cm³/mol. The fourth-order valence-corrected chi connectivity index (χ4v) is 6.65. The standard InChI is InChI=1S/C30H44O10/c1-8-9-10-11-24(33)39-22-13-12-16(2)14-23-30(36,18(4)28(35)40-23)26(34)25-17(3)15-21(37-19(5)31)27(29(22,25)7)38-20(6)32/h14-15,18,21-23,25-27,34,36H,8-13H2,1-7H3/b16-14-/t18-,21+,22-,23-,25+,26-,27-,29+,30-/m0/s1. The van der Waals surface area contributed by atoms with Crippen molar-refractivity contribution >= 4 is 23.9 Å². The minimum absolute atomic E-state index is 0.189. The summed E-state index contributed by atoms with van der Waals surface area (Å²) in [5.41, 5.74) is -2.14. The zero-order valence-electron chi connectivity index (χ0n) is 24.6. The highest BCUT2D eigenvalue weighted by molar-refractivity contribution is 5.77. The quantitative estimate of drug-likeness (QED) is 0.204. The van der Waals surface area contributed by atoms with E-state index in [4.69, 9.17) is 18.9 Å². The number of rotatable bonds is 7. The molecule has 0 amide bonds. The van der Waals surface area contributed by atoms with Crippen molar-refractivity contribution in [3.05, 3.63) is 23.3 Å². The van der Waals surface area contributed by atoms with Gasteiger partial charge in [-0.3, -0.25) is 19.2 Å². The summed E-state index contributed by atoms with van der Waals surface area (Å²) in [5.74, 6) is -4.41. The van der Waals surface area contributed by atoms with E-state index < -0.39 is 77.2 Å². The van der Waals surface area contributed by atoms with Crippen LogP contribution in [0.2, 0.25) is 0 Å². The lowest BCUT2D eigenvalue weighted by Gasteiger charge is -2.55. The van der Waals surface area contributed by atoms with Gasteiger partial charge in [-0.2, -0.15) is 0 Å². The lowest BCUT2D eigenvalue weighted by molar-refractivity contribution is -0.221. The summed E-state index contributed by atoms with van der Waals surface area (Å²) in [4.78, 5) is 50.3. The molecule has 0 aromatic carbocycles. The Morgan fingerprint density at radius 3 is 2.33 bits per heavy atom. The number of fused-ring (bicyclic) bond motifs is 2. The SMILES string of the molecule is CCCCCC(=O)O[C@H]1CC/C(C)=C\[C@@H]2OC(=O)[C@H](C)[C@@]2(O)[C@@H](O)[C@H]2C(C)=C[C@@H](OC(C)=O)[C@H](OC(C)=O)[C@]12C. The predicted octanol–water partition coefficient (Wildman–Crippen LogP) is 3.32. The van der Waals surface area contributed by atoms with Crippen LogP contribution in [0.15, 0.2) is 23.3 Å². The molecule has 1 saturated heterocycles. The smallest absolute Gasteiger partial charge is 0.312 e. The first-order valence-corrected chi connectivity index (χ1v) is 14.2. The van der Waals surface area contributed by atoms with Gasteiger partial charge in [0.05, 0.1) is 17.4 Å². The van der Waals surface area contributed by atoms with E-state index in [1.165, 1.54) is 20.8 Å². The maximum atomic E-state index is 13.1.